The molecule has 2 rings (SSSR count). The molecular weight excluding hydrogens is 342 g/mol. The Morgan fingerprint density at radius 2 is 2.22 bits per heavy atom. The van der Waals surface area contributed by atoms with Crippen molar-refractivity contribution in [1.82, 2.24) is 0 Å². The van der Waals surface area contributed by atoms with Gasteiger partial charge in [0, 0.05) is 23.2 Å². The van der Waals surface area contributed by atoms with E-state index in [1.54, 1.807) is 6.07 Å². The summed E-state index contributed by atoms with van der Waals surface area (Å²) in [6.45, 7) is 3.45. The Bertz CT molecular complexity index is 441. The first-order valence-electron chi connectivity index (χ1n) is 5.87. The third-order valence-electron chi connectivity index (χ3n) is 3.42. The molecule has 0 aliphatic carbocycles. The standard InChI is InChI=1S/C13H14BrCl2FO/c1-7-6-18-3-2-8(7)13(16)9-4-11(15)10(14)5-12(9)17/h4-5,7-8,13H,2-3,6H2,1H3. The van der Waals surface area contributed by atoms with Crippen LogP contribution >= 0.6 is 39.1 Å². The highest BCUT2D eigenvalue weighted by molar-refractivity contribution is 9.10. The fourth-order valence-electron chi connectivity index (χ4n) is 2.31. The Morgan fingerprint density at radius 3 is 2.89 bits per heavy atom. The maximum absolute atomic E-state index is 14.0. The van der Waals surface area contributed by atoms with Crippen LogP contribution < -0.4 is 0 Å². The number of hydrogen-bond donors (Lipinski definition) is 0. The fourth-order valence-corrected chi connectivity index (χ4v) is 3.34. The van der Waals surface area contributed by atoms with Gasteiger partial charge in [-0.05, 0) is 46.3 Å². The molecule has 18 heavy (non-hydrogen) atoms. The minimum atomic E-state index is -0.366. The molecule has 0 N–H and O–H groups in total. The van der Waals surface area contributed by atoms with Crippen LogP contribution in [0, 0.1) is 17.7 Å². The van der Waals surface area contributed by atoms with Gasteiger partial charge in [-0.2, -0.15) is 0 Å². The molecule has 0 saturated carbocycles. The summed E-state index contributed by atoms with van der Waals surface area (Å²) < 4.78 is 19.9. The zero-order valence-electron chi connectivity index (χ0n) is 9.93. The van der Waals surface area contributed by atoms with Crippen molar-refractivity contribution in [2.24, 2.45) is 11.8 Å². The van der Waals surface area contributed by atoms with Gasteiger partial charge in [-0.1, -0.05) is 18.5 Å². The molecule has 0 aromatic heterocycles. The van der Waals surface area contributed by atoms with Crippen LogP contribution in [0.4, 0.5) is 4.39 Å². The lowest BCUT2D eigenvalue weighted by Gasteiger charge is -2.32. The minimum absolute atomic E-state index is 0.215. The van der Waals surface area contributed by atoms with Gasteiger partial charge in [-0.25, -0.2) is 4.39 Å². The second-order valence-electron chi connectivity index (χ2n) is 4.69. The van der Waals surface area contributed by atoms with Crippen LogP contribution in [0.5, 0.6) is 0 Å². The van der Waals surface area contributed by atoms with Crippen LogP contribution in [0.3, 0.4) is 0 Å². The van der Waals surface area contributed by atoms with E-state index in [2.05, 4.69) is 22.9 Å². The van der Waals surface area contributed by atoms with E-state index in [-0.39, 0.29) is 17.1 Å². The van der Waals surface area contributed by atoms with Gasteiger partial charge >= 0.3 is 0 Å². The smallest absolute Gasteiger partial charge is 0.129 e. The first-order chi connectivity index (χ1) is 8.50. The summed E-state index contributed by atoms with van der Waals surface area (Å²) in [4.78, 5) is 0. The molecular formula is C13H14BrCl2FO. The topological polar surface area (TPSA) is 9.23 Å². The SMILES string of the molecule is CC1COCCC1C(Cl)c1cc(Cl)c(Br)cc1F. The van der Waals surface area contributed by atoms with Gasteiger partial charge in [0.05, 0.1) is 10.4 Å². The van der Waals surface area contributed by atoms with Crippen LogP contribution in [0.1, 0.15) is 24.3 Å². The first-order valence-corrected chi connectivity index (χ1v) is 7.47. The second kappa shape index (κ2) is 6.08. The molecule has 100 valence electrons. The molecule has 0 radical (unpaired) electrons. The monoisotopic (exact) mass is 354 g/mol. The maximum atomic E-state index is 14.0. The fraction of sp³-hybridized carbons (Fsp3) is 0.538. The summed E-state index contributed by atoms with van der Waals surface area (Å²) in [6.07, 6.45) is 0.850. The number of alkyl halides is 1. The van der Waals surface area contributed by atoms with E-state index in [1.165, 1.54) is 6.07 Å². The second-order valence-corrected chi connectivity index (χ2v) is 6.43. The zero-order valence-corrected chi connectivity index (χ0v) is 13.0. The Balaban J connectivity index is 2.27. The molecule has 0 spiro atoms. The number of hydrogen-bond acceptors (Lipinski definition) is 1. The Hall–Kier alpha value is 0.170. The Labute approximate surface area is 125 Å². The van der Waals surface area contributed by atoms with Crippen LogP contribution in [-0.2, 0) is 4.74 Å². The lowest BCUT2D eigenvalue weighted by Crippen LogP contribution is -2.28. The summed E-state index contributed by atoms with van der Waals surface area (Å²) in [6, 6.07) is 2.98. The summed E-state index contributed by atoms with van der Waals surface area (Å²) >= 11 is 15.7. The quantitative estimate of drug-likeness (QED) is 0.523. The van der Waals surface area contributed by atoms with Crippen LogP contribution in [0.15, 0.2) is 16.6 Å². The van der Waals surface area contributed by atoms with Crippen molar-refractivity contribution in [1.29, 1.82) is 0 Å². The van der Waals surface area contributed by atoms with Crippen LogP contribution in [0.2, 0.25) is 5.02 Å². The number of ether oxygens (including phenoxy) is 1. The van der Waals surface area contributed by atoms with E-state index in [1.807, 2.05) is 0 Å². The summed E-state index contributed by atoms with van der Waals surface area (Å²) in [5, 5.41) is 0.117. The highest BCUT2D eigenvalue weighted by Gasteiger charge is 2.31. The van der Waals surface area contributed by atoms with Gasteiger partial charge in [0.2, 0.25) is 0 Å². The van der Waals surface area contributed by atoms with Crippen molar-refractivity contribution in [3.63, 3.8) is 0 Å². The molecule has 1 fully saturated rings. The van der Waals surface area contributed by atoms with E-state index < -0.39 is 0 Å². The van der Waals surface area contributed by atoms with Crippen molar-refractivity contribution in [2.45, 2.75) is 18.7 Å². The zero-order chi connectivity index (χ0) is 13.3. The molecule has 3 atom stereocenters. The van der Waals surface area contributed by atoms with Crippen molar-refractivity contribution in [3.05, 3.63) is 33.0 Å². The van der Waals surface area contributed by atoms with E-state index in [0.29, 0.717) is 34.2 Å². The minimum Gasteiger partial charge on any atom is -0.381 e. The molecule has 1 aromatic rings. The molecule has 1 nitrogen and oxygen atoms in total. The van der Waals surface area contributed by atoms with Crippen LogP contribution in [0.25, 0.3) is 0 Å². The number of benzene rings is 1. The van der Waals surface area contributed by atoms with Gasteiger partial charge in [-0.15, -0.1) is 11.6 Å². The van der Waals surface area contributed by atoms with Crippen LogP contribution in [-0.4, -0.2) is 13.2 Å². The molecule has 5 heteroatoms. The van der Waals surface area contributed by atoms with Crippen molar-refractivity contribution in [2.75, 3.05) is 13.2 Å². The van der Waals surface area contributed by atoms with E-state index in [4.69, 9.17) is 27.9 Å². The third-order valence-corrected chi connectivity index (χ3v) is 5.18. The number of halogens is 4. The highest BCUT2D eigenvalue weighted by atomic mass is 79.9. The number of rotatable bonds is 2. The van der Waals surface area contributed by atoms with Crippen molar-refractivity contribution < 1.29 is 9.13 Å². The van der Waals surface area contributed by atoms with E-state index in [9.17, 15) is 4.39 Å². The molecule has 1 aromatic carbocycles. The molecule has 1 saturated heterocycles. The summed E-state index contributed by atoms with van der Waals surface area (Å²) in [5.41, 5.74) is 0.476. The molecule has 1 aliphatic heterocycles. The van der Waals surface area contributed by atoms with E-state index >= 15 is 0 Å². The average Bonchev–Trinajstić information content (AvgIpc) is 2.33. The first kappa shape index (κ1) is 14.6. The lowest BCUT2D eigenvalue weighted by atomic mass is 9.84. The molecule has 0 bridgehead atoms. The third kappa shape index (κ3) is 3.01. The van der Waals surface area contributed by atoms with Crippen molar-refractivity contribution >= 4 is 39.1 Å². The van der Waals surface area contributed by atoms with Gasteiger partial charge in [-0.3, -0.25) is 0 Å². The van der Waals surface area contributed by atoms with Gasteiger partial charge in [0.1, 0.15) is 5.82 Å². The normalized spacial score (nSPS) is 26.1. The van der Waals surface area contributed by atoms with Gasteiger partial charge in [0.15, 0.2) is 0 Å². The Morgan fingerprint density at radius 1 is 1.50 bits per heavy atom. The van der Waals surface area contributed by atoms with Crippen molar-refractivity contribution in [3.8, 4) is 0 Å². The highest BCUT2D eigenvalue weighted by Crippen LogP contribution is 2.41. The van der Waals surface area contributed by atoms with Gasteiger partial charge < -0.3 is 4.74 Å². The average molecular weight is 356 g/mol. The molecule has 1 aliphatic rings. The maximum Gasteiger partial charge on any atom is 0.129 e. The van der Waals surface area contributed by atoms with Gasteiger partial charge in [0.25, 0.3) is 0 Å². The molecule has 0 amide bonds. The Kier molecular flexibility index (Phi) is 4.92. The predicted octanol–water partition coefficient (Wildman–Crippen LogP) is 5.19. The largest absolute Gasteiger partial charge is 0.381 e. The predicted molar refractivity (Wildman–Crippen MR) is 75.8 cm³/mol. The summed E-state index contributed by atoms with van der Waals surface area (Å²) in [5.74, 6) is 0.222. The van der Waals surface area contributed by atoms with E-state index in [0.717, 1.165) is 6.42 Å². The molecule has 3 unspecified atom stereocenters. The summed E-state index contributed by atoms with van der Waals surface area (Å²) in [7, 11) is 0. The molecule has 1 heterocycles. The lowest BCUT2D eigenvalue weighted by molar-refractivity contribution is 0.0225.